The third-order valence-electron chi connectivity index (χ3n) is 5.54. The largest absolute Gasteiger partial charge is 0.327 e. The van der Waals surface area contributed by atoms with Crippen LogP contribution in [0, 0.1) is 13.8 Å². The van der Waals surface area contributed by atoms with E-state index in [1.807, 2.05) is 49.1 Å². The average molecular weight is 441 g/mol. The number of anilines is 1. The van der Waals surface area contributed by atoms with Crippen LogP contribution in [-0.2, 0) is 6.54 Å². The standard InChI is InChI=1S/C22H25BrN4O/c1-4-26-18-9-6-5-8-17(18)24-21(26)19-10-7-11-27(19)22(28)25-20-14(2)12-16(23)13-15(20)3/h5-6,8-9,12-13,19H,4,7,10-11H2,1-3H3,(H,25,28). The number of aryl methyl sites for hydroxylation is 3. The molecule has 0 radical (unpaired) electrons. The maximum Gasteiger partial charge on any atom is 0.322 e. The van der Waals surface area contributed by atoms with E-state index >= 15 is 0 Å². The normalized spacial score (nSPS) is 16.7. The van der Waals surface area contributed by atoms with Gasteiger partial charge in [-0.15, -0.1) is 0 Å². The summed E-state index contributed by atoms with van der Waals surface area (Å²) in [6.45, 7) is 7.76. The molecule has 2 amide bonds. The zero-order valence-electron chi connectivity index (χ0n) is 16.5. The number of hydrogen-bond donors (Lipinski definition) is 1. The number of hydrogen-bond acceptors (Lipinski definition) is 2. The summed E-state index contributed by atoms with van der Waals surface area (Å²) >= 11 is 3.52. The van der Waals surface area contributed by atoms with Gasteiger partial charge in [0.2, 0.25) is 0 Å². The molecule has 0 saturated carbocycles. The minimum Gasteiger partial charge on any atom is -0.327 e. The fourth-order valence-electron chi connectivity index (χ4n) is 4.25. The van der Waals surface area contributed by atoms with E-state index in [-0.39, 0.29) is 12.1 Å². The summed E-state index contributed by atoms with van der Waals surface area (Å²) in [7, 11) is 0. The van der Waals surface area contributed by atoms with Crippen LogP contribution in [0.4, 0.5) is 10.5 Å². The molecule has 1 saturated heterocycles. The Morgan fingerprint density at radius 3 is 2.68 bits per heavy atom. The Morgan fingerprint density at radius 2 is 1.96 bits per heavy atom. The lowest BCUT2D eigenvalue weighted by atomic mass is 10.1. The molecule has 1 N–H and O–H groups in total. The molecule has 1 aliphatic rings. The fraction of sp³-hybridized carbons (Fsp3) is 0.364. The van der Waals surface area contributed by atoms with Gasteiger partial charge in [-0.05, 0) is 69.0 Å². The van der Waals surface area contributed by atoms with Gasteiger partial charge in [0.15, 0.2) is 0 Å². The van der Waals surface area contributed by atoms with E-state index in [2.05, 4.69) is 38.8 Å². The van der Waals surface area contributed by atoms with Crippen LogP contribution >= 0.6 is 15.9 Å². The maximum absolute atomic E-state index is 13.2. The van der Waals surface area contributed by atoms with E-state index in [9.17, 15) is 4.79 Å². The fourth-order valence-corrected chi connectivity index (χ4v) is 4.93. The molecule has 3 aromatic rings. The highest BCUT2D eigenvalue weighted by Crippen LogP contribution is 2.34. The topological polar surface area (TPSA) is 50.2 Å². The molecule has 2 heterocycles. The number of amides is 2. The van der Waals surface area contributed by atoms with E-state index in [1.165, 1.54) is 0 Å². The molecule has 0 aliphatic carbocycles. The summed E-state index contributed by atoms with van der Waals surface area (Å²) < 4.78 is 3.26. The maximum atomic E-state index is 13.2. The number of aromatic nitrogens is 2. The van der Waals surface area contributed by atoms with Gasteiger partial charge in [-0.3, -0.25) is 0 Å². The molecule has 5 nitrogen and oxygen atoms in total. The van der Waals surface area contributed by atoms with Crippen molar-refractivity contribution < 1.29 is 4.79 Å². The van der Waals surface area contributed by atoms with Crippen LogP contribution in [-0.4, -0.2) is 27.0 Å². The molecule has 1 fully saturated rings. The summed E-state index contributed by atoms with van der Waals surface area (Å²) in [4.78, 5) is 20.0. The first-order chi connectivity index (χ1) is 13.5. The third kappa shape index (κ3) is 3.30. The van der Waals surface area contributed by atoms with Crippen LogP contribution in [0.1, 0.15) is 42.8 Å². The number of nitrogens with zero attached hydrogens (tertiary/aromatic N) is 3. The summed E-state index contributed by atoms with van der Waals surface area (Å²) in [5, 5.41) is 3.15. The minimum absolute atomic E-state index is 0.00316. The van der Waals surface area contributed by atoms with Crippen molar-refractivity contribution in [2.75, 3.05) is 11.9 Å². The van der Waals surface area contributed by atoms with E-state index in [1.54, 1.807) is 0 Å². The van der Waals surface area contributed by atoms with Crippen LogP contribution in [0.2, 0.25) is 0 Å². The molecule has 2 aromatic carbocycles. The van der Waals surface area contributed by atoms with Crippen molar-refractivity contribution in [2.24, 2.45) is 0 Å². The van der Waals surface area contributed by atoms with Crippen molar-refractivity contribution in [3.63, 3.8) is 0 Å². The molecule has 6 heteroatoms. The van der Waals surface area contributed by atoms with Crippen LogP contribution in [0.5, 0.6) is 0 Å². The number of urea groups is 1. The molecule has 1 unspecified atom stereocenters. The van der Waals surface area contributed by atoms with Crippen LogP contribution in [0.3, 0.4) is 0 Å². The van der Waals surface area contributed by atoms with Gasteiger partial charge >= 0.3 is 6.03 Å². The summed E-state index contributed by atoms with van der Waals surface area (Å²) in [6, 6.07) is 12.2. The first kappa shape index (κ1) is 19.0. The number of likely N-dealkylation sites (tertiary alicyclic amines) is 1. The Hall–Kier alpha value is -2.34. The number of nitrogens with one attached hydrogen (secondary N) is 1. The molecule has 4 rings (SSSR count). The first-order valence-corrected chi connectivity index (χ1v) is 10.6. The monoisotopic (exact) mass is 440 g/mol. The number of halogens is 1. The minimum atomic E-state index is -0.0502. The van der Waals surface area contributed by atoms with E-state index in [0.29, 0.717) is 0 Å². The van der Waals surface area contributed by atoms with Crippen molar-refractivity contribution in [1.29, 1.82) is 0 Å². The predicted octanol–water partition coefficient (Wildman–Crippen LogP) is 5.80. The zero-order chi connectivity index (χ0) is 19.8. The first-order valence-electron chi connectivity index (χ1n) is 9.79. The molecular formula is C22H25BrN4O. The van der Waals surface area contributed by atoms with Gasteiger partial charge < -0.3 is 14.8 Å². The van der Waals surface area contributed by atoms with Crippen LogP contribution in [0.15, 0.2) is 40.9 Å². The van der Waals surface area contributed by atoms with Gasteiger partial charge in [-0.2, -0.15) is 0 Å². The number of benzene rings is 2. The van der Waals surface area contributed by atoms with Crippen molar-refractivity contribution in [1.82, 2.24) is 14.5 Å². The molecule has 0 bridgehead atoms. The second-order valence-corrected chi connectivity index (χ2v) is 8.31. The quantitative estimate of drug-likeness (QED) is 0.558. The van der Waals surface area contributed by atoms with Gasteiger partial charge in [-0.1, -0.05) is 28.1 Å². The van der Waals surface area contributed by atoms with Gasteiger partial charge in [0, 0.05) is 23.2 Å². The van der Waals surface area contributed by atoms with Gasteiger partial charge in [0.25, 0.3) is 0 Å². The Balaban J connectivity index is 1.65. The van der Waals surface area contributed by atoms with Gasteiger partial charge in [0.1, 0.15) is 5.82 Å². The number of fused-ring (bicyclic) bond motifs is 1. The smallest absolute Gasteiger partial charge is 0.322 e. The van der Waals surface area contributed by atoms with E-state index in [4.69, 9.17) is 4.98 Å². The SMILES string of the molecule is CCn1c(C2CCCN2C(=O)Nc2c(C)cc(Br)cc2C)nc2ccccc21. The lowest BCUT2D eigenvalue weighted by molar-refractivity contribution is 0.204. The summed E-state index contributed by atoms with van der Waals surface area (Å²) in [5.74, 6) is 0.987. The summed E-state index contributed by atoms with van der Waals surface area (Å²) in [6.07, 6.45) is 1.93. The molecule has 1 aromatic heterocycles. The molecule has 1 atom stereocenters. The van der Waals surface area contributed by atoms with Crippen molar-refractivity contribution in [3.05, 3.63) is 57.8 Å². The lowest BCUT2D eigenvalue weighted by Gasteiger charge is -2.26. The molecule has 146 valence electrons. The third-order valence-corrected chi connectivity index (χ3v) is 6.00. The molecular weight excluding hydrogens is 416 g/mol. The lowest BCUT2D eigenvalue weighted by Crippen LogP contribution is -2.35. The Morgan fingerprint density at radius 1 is 1.25 bits per heavy atom. The highest BCUT2D eigenvalue weighted by Gasteiger charge is 2.34. The average Bonchev–Trinajstić information content (AvgIpc) is 3.28. The van der Waals surface area contributed by atoms with Crippen molar-refractivity contribution >= 4 is 38.7 Å². The number of carbonyl (C=O) groups is 1. The number of imidazole rings is 1. The second kappa shape index (κ2) is 7.59. The number of carbonyl (C=O) groups excluding carboxylic acids is 1. The second-order valence-electron chi connectivity index (χ2n) is 7.40. The van der Waals surface area contributed by atoms with E-state index in [0.717, 1.165) is 64.1 Å². The van der Waals surface area contributed by atoms with Crippen LogP contribution in [0.25, 0.3) is 11.0 Å². The molecule has 0 spiro atoms. The zero-order valence-corrected chi connectivity index (χ0v) is 18.1. The highest BCUT2D eigenvalue weighted by molar-refractivity contribution is 9.10. The van der Waals surface area contributed by atoms with Crippen molar-refractivity contribution in [2.45, 2.75) is 46.2 Å². The van der Waals surface area contributed by atoms with Crippen LogP contribution < -0.4 is 5.32 Å². The number of para-hydroxylation sites is 2. The Bertz CT molecular complexity index is 1020. The summed E-state index contributed by atoms with van der Waals surface area (Å²) in [5.41, 5.74) is 5.12. The van der Waals surface area contributed by atoms with Gasteiger partial charge in [0.05, 0.1) is 17.1 Å². The Kier molecular flexibility index (Phi) is 5.15. The van der Waals surface area contributed by atoms with E-state index < -0.39 is 0 Å². The van der Waals surface area contributed by atoms with Gasteiger partial charge in [-0.25, -0.2) is 9.78 Å². The highest BCUT2D eigenvalue weighted by atomic mass is 79.9. The Labute approximate surface area is 173 Å². The molecule has 1 aliphatic heterocycles. The molecule has 28 heavy (non-hydrogen) atoms. The number of rotatable bonds is 3. The predicted molar refractivity (Wildman–Crippen MR) is 117 cm³/mol. The van der Waals surface area contributed by atoms with Crippen molar-refractivity contribution in [3.8, 4) is 0 Å².